The molecule has 1 aliphatic heterocycles. The van der Waals surface area contributed by atoms with Crippen LogP contribution >= 0.6 is 0 Å². The molecule has 0 saturated heterocycles. The molecule has 0 radical (unpaired) electrons. The number of nitrogens with zero attached hydrogens (tertiary/aromatic N) is 4. The van der Waals surface area contributed by atoms with Gasteiger partial charge in [0.2, 0.25) is 0 Å². The van der Waals surface area contributed by atoms with Crippen LogP contribution in [0.2, 0.25) is 0 Å². The predicted octanol–water partition coefficient (Wildman–Crippen LogP) is 1.97. The van der Waals surface area contributed by atoms with Crippen LogP contribution in [0.15, 0.2) is 6.20 Å². The number of nitrogens with one attached hydrogen (secondary N) is 1. The minimum atomic E-state index is -0.535. The number of ether oxygens (including phenoxy) is 1. The maximum atomic E-state index is 10.1. The van der Waals surface area contributed by atoms with Gasteiger partial charge in [-0.15, -0.1) is 5.10 Å². The Balaban J connectivity index is 1.70. The molecule has 7 heteroatoms. The van der Waals surface area contributed by atoms with E-state index in [4.69, 9.17) is 9.84 Å². The average molecular weight is 331 g/mol. The summed E-state index contributed by atoms with van der Waals surface area (Å²) in [6.45, 7) is 5.38. The highest BCUT2D eigenvalue weighted by molar-refractivity contribution is 5.82. The van der Waals surface area contributed by atoms with Crippen LogP contribution in [0.4, 0.5) is 11.5 Å². The zero-order valence-corrected chi connectivity index (χ0v) is 14.5. The van der Waals surface area contributed by atoms with Crippen molar-refractivity contribution in [2.75, 3.05) is 30.4 Å². The number of aliphatic hydroxyl groups is 1. The molecule has 0 bridgehead atoms. The Hall–Kier alpha value is -2.02. The third-order valence-electron chi connectivity index (χ3n) is 5.12. The fourth-order valence-electron chi connectivity index (χ4n) is 3.64. The van der Waals surface area contributed by atoms with E-state index in [-0.39, 0.29) is 0 Å². The van der Waals surface area contributed by atoms with Gasteiger partial charge < -0.3 is 20.1 Å². The fourth-order valence-corrected chi connectivity index (χ4v) is 3.64. The SMILES string of the molecule is Cc1cn2nc(NC3CCC(C)(O)CC3)c3c(c2n1)N(C)CCO3. The van der Waals surface area contributed by atoms with Gasteiger partial charge in [0, 0.05) is 13.1 Å². The molecule has 24 heavy (non-hydrogen) atoms. The Morgan fingerprint density at radius 2 is 2.12 bits per heavy atom. The average Bonchev–Trinajstić information content (AvgIpc) is 2.89. The molecule has 4 rings (SSSR count). The van der Waals surface area contributed by atoms with Crippen LogP contribution in [-0.4, -0.2) is 51.5 Å². The van der Waals surface area contributed by atoms with Gasteiger partial charge in [-0.2, -0.15) is 0 Å². The molecule has 0 spiro atoms. The lowest BCUT2D eigenvalue weighted by atomic mass is 9.84. The molecule has 0 atom stereocenters. The summed E-state index contributed by atoms with van der Waals surface area (Å²) in [6.07, 6.45) is 5.41. The molecule has 1 saturated carbocycles. The smallest absolute Gasteiger partial charge is 0.192 e. The Labute approximate surface area is 141 Å². The summed E-state index contributed by atoms with van der Waals surface area (Å²) in [5.74, 6) is 1.56. The molecule has 2 aromatic rings. The zero-order chi connectivity index (χ0) is 16.9. The van der Waals surface area contributed by atoms with Crippen molar-refractivity contribution in [2.24, 2.45) is 0 Å². The minimum Gasteiger partial charge on any atom is -0.486 e. The number of fused-ring (bicyclic) bond motifs is 3. The van der Waals surface area contributed by atoms with Gasteiger partial charge in [-0.3, -0.25) is 0 Å². The summed E-state index contributed by atoms with van der Waals surface area (Å²) in [5.41, 5.74) is 2.23. The monoisotopic (exact) mass is 331 g/mol. The highest BCUT2D eigenvalue weighted by Crippen LogP contribution is 2.40. The van der Waals surface area contributed by atoms with Crippen LogP contribution in [0.1, 0.15) is 38.3 Å². The first kappa shape index (κ1) is 15.5. The third kappa shape index (κ3) is 2.66. The van der Waals surface area contributed by atoms with Gasteiger partial charge in [0.25, 0.3) is 0 Å². The second-order valence-electron chi connectivity index (χ2n) is 7.36. The molecular formula is C17H25N5O2. The quantitative estimate of drug-likeness (QED) is 0.876. The van der Waals surface area contributed by atoms with E-state index in [2.05, 4.69) is 22.2 Å². The second kappa shape index (κ2) is 5.51. The van der Waals surface area contributed by atoms with E-state index in [1.165, 1.54) is 0 Å². The maximum Gasteiger partial charge on any atom is 0.192 e. The summed E-state index contributed by atoms with van der Waals surface area (Å²) in [5, 5.41) is 18.4. The number of hydrogen-bond donors (Lipinski definition) is 2. The van der Waals surface area contributed by atoms with E-state index in [0.717, 1.165) is 60.8 Å². The number of hydrogen-bond acceptors (Lipinski definition) is 6. The van der Waals surface area contributed by atoms with Crippen LogP contribution in [0.5, 0.6) is 5.75 Å². The third-order valence-corrected chi connectivity index (χ3v) is 5.12. The van der Waals surface area contributed by atoms with Gasteiger partial charge in [0.15, 0.2) is 17.2 Å². The molecular weight excluding hydrogens is 306 g/mol. The Kier molecular flexibility index (Phi) is 3.56. The summed E-state index contributed by atoms with van der Waals surface area (Å²) in [4.78, 5) is 6.78. The molecule has 7 nitrogen and oxygen atoms in total. The minimum absolute atomic E-state index is 0.305. The molecule has 3 heterocycles. The molecule has 2 N–H and O–H groups in total. The van der Waals surface area contributed by atoms with Crippen molar-refractivity contribution < 1.29 is 9.84 Å². The van der Waals surface area contributed by atoms with Crippen molar-refractivity contribution in [2.45, 2.75) is 51.2 Å². The highest BCUT2D eigenvalue weighted by Gasteiger charge is 2.31. The molecule has 1 fully saturated rings. The summed E-state index contributed by atoms with van der Waals surface area (Å²) in [7, 11) is 2.06. The number of rotatable bonds is 2. The molecule has 130 valence electrons. The normalized spacial score (nSPS) is 27.0. The predicted molar refractivity (Wildman–Crippen MR) is 93.0 cm³/mol. The lowest BCUT2D eigenvalue weighted by molar-refractivity contribution is 0.0196. The zero-order valence-electron chi connectivity index (χ0n) is 14.5. The Morgan fingerprint density at radius 3 is 2.88 bits per heavy atom. The van der Waals surface area contributed by atoms with E-state index in [9.17, 15) is 5.11 Å². The number of likely N-dealkylation sites (N-methyl/N-ethyl adjacent to an activating group) is 1. The van der Waals surface area contributed by atoms with Gasteiger partial charge in [0.05, 0.1) is 24.0 Å². The van der Waals surface area contributed by atoms with Gasteiger partial charge in [-0.25, -0.2) is 9.50 Å². The highest BCUT2D eigenvalue weighted by atomic mass is 16.5. The van der Waals surface area contributed by atoms with Gasteiger partial charge in [-0.1, -0.05) is 0 Å². The number of imidazole rings is 1. The molecule has 2 aromatic heterocycles. The van der Waals surface area contributed by atoms with E-state index >= 15 is 0 Å². The van der Waals surface area contributed by atoms with Gasteiger partial charge in [0.1, 0.15) is 12.3 Å². The van der Waals surface area contributed by atoms with E-state index in [1.807, 2.05) is 24.6 Å². The van der Waals surface area contributed by atoms with E-state index in [1.54, 1.807) is 0 Å². The molecule has 1 aliphatic carbocycles. The summed E-state index contributed by atoms with van der Waals surface area (Å²) >= 11 is 0. The topological polar surface area (TPSA) is 74.9 Å². The van der Waals surface area contributed by atoms with Crippen molar-refractivity contribution in [3.63, 3.8) is 0 Å². The second-order valence-corrected chi connectivity index (χ2v) is 7.36. The van der Waals surface area contributed by atoms with Crippen molar-refractivity contribution in [1.29, 1.82) is 0 Å². The first-order valence-electron chi connectivity index (χ1n) is 8.66. The fraction of sp³-hybridized carbons (Fsp3) is 0.647. The van der Waals surface area contributed by atoms with Crippen molar-refractivity contribution in [1.82, 2.24) is 14.6 Å². The van der Waals surface area contributed by atoms with Crippen LogP contribution in [0, 0.1) is 6.92 Å². The maximum absolute atomic E-state index is 10.1. The van der Waals surface area contributed by atoms with Crippen LogP contribution in [0.3, 0.4) is 0 Å². The molecule has 2 aliphatic rings. The molecule has 0 aromatic carbocycles. The summed E-state index contributed by atoms with van der Waals surface area (Å²) in [6, 6.07) is 0.305. The van der Waals surface area contributed by atoms with Crippen molar-refractivity contribution in [3.05, 3.63) is 11.9 Å². The largest absolute Gasteiger partial charge is 0.486 e. The van der Waals surface area contributed by atoms with Crippen LogP contribution in [-0.2, 0) is 0 Å². The number of aryl methyl sites for hydroxylation is 1. The van der Waals surface area contributed by atoms with E-state index < -0.39 is 5.60 Å². The Morgan fingerprint density at radius 1 is 1.38 bits per heavy atom. The van der Waals surface area contributed by atoms with Crippen molar-refractivity contribution >= 4 is 17.2 Å². The lowest BCUT2D eigenvalue weighted by Gasteiger charge is -2.35. The number of aromatic nitrogens is 3. The standard InChI is InChI=1S/C17H25N5O2/c1-11-10-22-16(18-11)13-14(24-9-8-21(13)3)15(20-22)19-12-4-6-17(2,23)7-5-12/h10,12,23H,4-9H2,1-3H3,(H,19,20). The summed E-state index contributed by atoms with van der Waals surface area (Å²) < 4.78 is 7.79. The van der Waals surface area contributed by atoms with E-state index in [0.29, 0.717) is 12.6 Å². The first-order chi connectivity index (χ1) is 11.4. The molecule has 0 unspecified atom stereocenters. The molecule has 0 amide bonds. The Bertz CT molecular complexity index is 760. The lowest BCUT2D eigenvalue weighted by Crippen LogP contribution is -2.36. The van der Waals surface area contributed by atoms with Gasteiger partial charge >= 0.3 is 0 Å². The number of anilines is 2. The van der Waals surface area contributed by atoms with Crippen molar-refractivity contribution in [3.8, 4) is 5.75 Å². The van der Waals surface area contributed by atoms with Gasteiger partial charge in [-0.05, 0) is 39.5 Å². The van der Waals surface area contributed by atoms with Crippen LogP contribution in [0.25, 0.3) is 5.65 Å². The van der Waals surface area contributed by atoms with Crippen LogP contribution < -0.4 is 15.0 Å². The first-order valence-corrected chi connectivity index (χ1v) is 8.66.